The van der Waals surface area contributed by atoms with Crippen LogP contribution in [0.25, 0.3) is 0 Å². The third-order valence-electron chi connectivity index (χ3n) is 3.49. The third-order valence-corrected chi connectivity index (χ3v) is 3.49. The Labute approximate surface area is 110 Å². The monoisotopic (exact) mass is 260 g/mol. The van der Waals surface area contributed by atoms with E-state index in [1.165, 1.54) is 6.33 Å². The van der Waals surface area contributed by atoms with Crippen LogP contribution in [0.4, 0.5) is 0 Å². The van der Waals surface area contributed by atoms with Crippen LogP contribution in [0.15, 0.2) is 25.0 Å². The van der Waals surface area contributed by atoms with Gasteiger partial charge in [0.05, 0.1) is 0 Å². The van der Waals surface area contributed by atoms with Gasteiger partial charge in [-0.1, -0.05) is 0 Å². The highest BCUT2D eigenvalue weighted by Gasteiger charge is 2.23. The van der Waals surface area contributed by atoms with E-state index < -0.39 is 0 Å². The molecule has 0 saturated carbocycles. The molecule has 3 heterocycles. The highest BCUT2D eigenvalue weighted by molar-refractivity contribution is 5.80. The molecule has 0 spiro atoms. The Balaban J connectivity index is 1.62. The van der Waals surface area contributed by atoms with Crippen molar-refractivity contribution in [3.63, 3.8) is 0 Å². The Morgan fingerprint density at radius 1 is 1.58 bits per heavy atom. The van der Waals surface area contributed by atoms with E-state index in [2.05, 4.69) is 25.0 Å². The summed E-state index contributed by atoms with van der Waals surface area (Å²) >= 11 is 0. The quantitative estimate of drug-likeness (QED) is 0.853. The largest absolute Gasteiger partial charge is 0.350 e. The molecule has 2 atom stereocenters. The predicted molar refractivity (Wildman–Crippen MR) is 67.2 cm³/mol. The molecule has 0 radical (unpaired) electrons. The number of imidazole rings is 1. The van der Waals surface area contributed by atoms with E-state index >= 15 is 0 Å². The second-order valence-electron chi connectivity index (χ2n) is 4.79. The Bertz CT molecular complexity index is 561. The van der Waals surface area contributed by atoms with Crippen molar-refractivity contribution in [2.24, 2.45) is 0 Å². The second-order valence-corrected chi connectivity index (χ2v) is 4.79. The molecule has 1 amide bonds. The minimum Gasteiger partial charge on any atom is -0.350 e. The lowest BCUT2D eigenvalue weighted by molar-refractivity contribution is -0.125. The lowest BCUT2D eigenvalue weighted by Crippen LogP contribution is -2.43. The van der Waals surface area contributed by atoms with Gasteiger partial charge in [-0.05, 0) is 13.3 Å². The van der Waals surface area contributed by atoms with Crippen molar-refractivity contribution in [3.8, 4) is 0 Å². The molecule has 0 bridgehead atoms. The minimum absolute atomic E-state index is 0.0286. The third kappa shape index (κ3) is 2.35. The number of rotatable bonds is 3. The van der Waals surface area contributed by atoms with Gasteiger partial charge < -0.3 is 9.88 Å². The Morgan fingerprint density at radius 3 is 3.26 bits per heavy atom. The van der Waals surface area contributed by atoms with Crippen LogP contribution in [0.1, 0.15) is 25.2 Å². The van der Waals surface area contributed by atoms with Crippen molar-refractivity contribution < 1.29 is 4.79 Å². The van der Waals surface area contributed by atoms with Gasteiger partial charge in [-0.15, -0.1) is 0 Å². The van der Waals surface area contributed by atoms with E-state index in [0.29, 0.717) is 0 Å². The molecule has 1 aliphatic rings. The number of hydrogen-bond acceptors (Lipinski definition) is 4. The maximum absolute atomic E-state index is 12.1. The molecule has 7 nitrogen and oxygen atoms in total. The summed E-state index contributed by atoms with van der Waals surface area (Å²) in [6.45, 7) is 2.60. The fraction of sp³-hybridized carbons (Fsp3) is 0.500. The number of amides is 1. The number of nitrogens with one attached hydrogen (secondary N) is 1. The fourth-order valence-electron chi connectivity index (χ4n) is 2.34. The number of hydrogen-bond donors (Lipinski definition) is 1. The molecule has 2 aromatic rings. The van der Waals surface area contributed by atoms with Crippen LogP contribution in [0.3, 0.4) is 0 Å². The summed E-state index contributed by atoms with van der Waals surface area (Å²) in [5, 5.41) is 7.05. The van der Waals surface area contributed by atoms with Gasteiger partial charge >= 0.3 is 0 Å². The molecule has 0 unspecified atom stereocenters. The molecule has 100 valence electrons. The van der Waals surface area contributed by atoms with Crippen LogP contribution in [-0.4, -0.2) is 36.3 Å². The van der Waals surface area contributed by atoms with Gasteiger partial charge in [0, 0.05) is 31.4 Å². The normalized spacial score (nSPS) is 19.7. The lowest BCUT2D eigenvalue weighted by atomic mass is 10.1. The first-order valence-corrected chi connectivity index (χ1v) is 6.38. The maximum Gasteiger partial charge on any atom is 0.244 e. The minimum atomic E-state index is -0.341. The van der Waals surface area contributed by atoms with Crippen molar-refractivity contribution in [3.05, 3.63) is 30.9 Å². The highest BCUT2D eigenvalue weighted by Crippen LogP contribution is 2.14. The van der Waals surface area contributed by atoms with Gasteiger partial charge in [0.15, 0.2) is 0 Å². The molecule has 7 heteroatoms. The first kappa shape index (κ1) is 11.9. The van der Waals surface area contributed by atoms with Crippen LogP contribution in [0, 0.1) is 0 Å². The standard InChI is InChI=1S/C12H16N6O/c1-9(18-8-13-7-15-18)12(19)16-10-2-3-11-14-4-5-17(11)6-10/h4-5,7-10H,2-3,6H2,1H3,(H,16,19)/t9-,10+/m1/s1. The van der Waals surface area contributed by atoms with E-state index in [4.69, 9.17) is 0 Å². The number of carbonyl (C=O) groups excluding carboxylic acids is 1. The molecule has 0 saturated heterocycles. The number of aromatic nitrogens is 5. The summed E-state index contributed by atoms with van der Waals surface area (Å²) < 4.78 is 3.65. The molecule has 2 aromatic heterocycles. The van der Waals surface area contributed by atoms with E-state index in [0.717, 1.165) is 25.2 Å². The van der Waals surface area contributed by atoms with E-state index in [1.807, 2.05) is 13.1 Å². The van der Waals surface area contributed by atoms with E-state index in [1.54, 1.807) is 17.2 Å². The predicted octanol–water partition coefficient (Wildman–Crippen LogP) is 0.167. The Morgan fingerprint density at radius 2 is 2.47 bits per heavy atom. The van der Waals surface area contributed by atoms with Gasteiger partial charge in [-0.3, -0.25) is 4.79 Å². The first-order valence-electron chi connectivity index (χ1n) is 6.38. The van der Waals surface area contributed by atoms with Crippen molar-refractivity contribution >= 4 is 5.91 Å². The summed E-state index contributed by atoms with van der Waals surface area (Å²) in [6, 6.07) is -0.188. The summed E-state index contributed by atoms with van der Waals surface area (Å²) in [5.74, 6) is 1.06. The second kappa shape index (κ2) is 4.83. The number of carbonyl (C=O) groups is 1. The van der Waals surface area contributed by atoms with Crippen molar-refractivity contribution in [1.82, 2.24) is 29.6 Å². The number of fused-ring (bicyclic) bond motifs is 1. The summed E-state index contributed by atoms with van der Waals surface area (Å²) in [4.78, 5) is 20.3. The van der Waals surface area contributed by atoms with E-state index in [9.17, 15) is 4.79 Å². The SMILES string of the molecule is C[C@H](C(=O)N[C@H]1CCc2nccn2C1)n1cncn1. The van der Waals surface area contributed by atoms with Gasteiger partial charge in [0.25, 0.3) is 0 Å². The van der Waals surface area contributed by atoms with Crippen LogP contribution in [0.5, 0.6) is 0 Å². The number of aryl methyl sites for hydroxylation is 1. The van der Waals surface area contributed by atoms with Gasteiger partial charge in [-0.2, -0.15) is 5.10 Å². The van der Waals surface area contributed by atoms with E-state index in [-0.39, 0.29) is 18.0 Å². The molecule has 1 aliphatic heterocycles. The highest BCUT2D eigenvalue weighted by atomic mass is 16.2. The van der Waals surface area contributed by atoms with Crippen molar-refractivity contribution in [1.29, 1.82) is 0 Å². The van der Waals surface area contributed by atoms with Crippen LogP contribution >= 0.6 is 0 Å². The Hall–Kier alpha value is -2.18. The molecular weight excluding hydrogens is 244 g/mol. The van der Waals surface area contributed by atoms with Crippen LogP contribution < -0.4 is 5.32 Å². The number of nitrogens with zero attached hydrogens (tertiary/aromatic N) is 5. The van der Waals surface area contributed by atoms with Gasteiger partial charge in [0.1, 0.15) is 24.5 Å². The van der Waals surface area contributed by atoms with Crippen molar-refractivity contribution in [2.45, 2.75) is 38.4 Å². The first-order chi connectivity index (χ1) is 9.24. The maximum atomic E-state index is 12.1. The molecule has 19 heavy (non-hydrogen) atoms. The average molecular weight is 260 g/mol. The summed E-state index contributed by atoms with van der Waals surface area (Å²) in [7, 11) is 0. The Kier molecular flexibility index (Phi) is 3.02. The molecule has 0 fully saturated rings. The average Bonchev–Trinajstić information content (AvgIpc) is 3.08. The zero-order valence-corrected chi connectivity index (χ0v) is 10.7. The van der Waals surface area contributed by atoms with Gasteiger partial charge in [0.2, 0.25) is 5.91 Å². The van der Waals surface area contributed by atoms with Crippen LogP contribution in [0.2, 0.25) is 0 Å². The summed E-state index contributed by atoms with van der Waals surface area (Å²) in [5.41, 5.74) is 0. The molecule has 0 aromatic carbocycles. The molecule has 0 aliphatic carbocycles. The topological polar surface area (TPSA) is 77.6 Å². The lowest BCUT2D eigenvalue weighted by Gasteiger charge is -2.26. The fourth-order valence-corrected chi connectivity index (χ4v) is 2.34. The van der Waals surface area contributed by atoms with Crippen LogP contribution in [-0.2, 0) is 17.8 Å². The smallest absolute Gasteiger partial charge is 0.244 e. The van der Waals surface area contributed by atoms with Gasteiger partial charge in [-0.25, -0.2) is 14.6 Å². The zero-order chi connectivity index (χ0) is 13.2. The molecular formula is C12H16N6O. The summed E-state index contributed by atoms with van der Waals surface area (Å²) in [6.07, 6.45) is 8.57. The zero-order valence-electron chi connectivity index (χ0n) is 10.7. The van der Waals surface area contributed by atoms with Crippen molar-refractivity contribution in [2.75, 3.05) is 0 Å². The molecule has 3 rings (SSSR count). The molecule has 1 N–H and O–H groups in total.